The zero-order chi connectivity index (χ0) is 11.8. The maximum absolute atomic E-state index is 6.01. The minimum atomic E-state index is -0.149. The van der Waals surface area contributed by atoms with Crippen molar-refractivity contribution in [1.82, 2.24) is 0 Å². The monoisotopic (exact) mass is 215 g/mol. The van der Waals surface area contributed by atoms with E-state index in [4.69, 9.17) is 4.74 Å². The molecule has 1 heteroatoms. The molecule has 1 radical (unpaired) electrons. The summed E-state index contributed by atoms with van der Waals surface area (Å²) in [6.45, 7) is 9.99. The van der Waals surface area contributed by atoms with Gasteiger partial charge in [-0.2, -0.15) is 0 Å². The van der Waals surface area contributed by atoms with Crippen molar-refractivity contribution in [3.63, 3.8) is 0 Å². The standard InChI is InChI=1S/C15H19O/c1-5-11-7-6-8-13(16-15(2,3)4)14(11)12-9-10-12/h6-8,12H,1,9-10H2,2-4H3. The van der Waals surface area contributed by atoms with Gasteiger partial charge in [0.05, 0.1) is 0 Å². The zero-order valence-corrected chi connectivity index (χ0v) is 10.3. The normalized spacial score (nSPS) is 15.9. The van der Waals surface area contributed by atoms with Crippen LogP contribution >= 0.6 is 0 Å². The number of rotatable bonds is 3. The highest BCUT2D eigenvalue weighted by Crippen LogP contribution is 2.46. The largest absolute Gasteiger partial charge is 0.488 e. The average molecular weight is 215 g/mol. The summed E-state index contributed by atoms with van der Waals surface area (Å²) in [5.41, 5.74) is 2.25. The predicted octanol–water partition coefficient (Wildman–Crippen LogP) is 4.08. The first-order valence-corrected chi connectivity index (χ1v) is 5.86. The van der Waals surface area contributed by atoms with Crippen LogP contribution < -0.4 is 4.74 Å². The summed E-state index contributed by atoms with van der Waals surface area (Å²) in [4.78, 5) is 0. The fraction of sp³-hybridized carbons (Fsp3) is 0.467. The van der Waals surface area contributed by atoms with Gasteiger partial charge in [-0.15, -0.1) is 0 Å². The average Bonchev–Trinajstić information content (AvgIpc) is 2.98. The summed E-state index contributed by atoms with van der Waals surface area (Å²) < 4.78 is 6.01. The van der Waals surface area contributed by atoms with E-state index in [1.165, 1.54) is 18.4 Å². The lowest BCUT2D eigenvalue weighted by atomic mass is 10.0. The predicted molar refractivity (Wildman–Crippen MR) is 66.8 cm³/mol. The van der Waals surface area contributed by atoms with E-state index in [0.29, 0.717) is 5.92 Å². The second-order valence-electron chi connectivity index (χ2n) is 5.38. The van der Waals surface area contributed by atoms with E-state index in [-0.39, 0.29) is 5.60 Å². The highest BCUT2D eigenvalue weighted by atomic mass is 16.5. The van der Waals surface area contributed by atoms with Crippen LogP contribution in [0.4, 0.5) is 0 Å². The van der Waals surface area contributed by atoms with E-state index in [1.807, 2.05) is 6.07 Å². The van der Waals surface area contributed by atoms with E-state index >= 15 is 0 Å². The molecule has 1 fully saturated rings. The Labute approximate surface area is 98.1 Å². The van der Waals surface area contributed by atoms with Crippen LogP contribution in [0.1, 0.15) is 50.7 Å². The van der Waals surface area contributed by atoms with Gasteiger partial charge in [0.15, 0.2) is 0 Å². The third-order valence-electron chi connectivity index (χ3n) is 2.66. The summed E-state index contributed by atoms with van der Waals surface area (Å²) in [6.07, 6.45) is 5.54. The molecule has 0 unspecified atom stereocenters. The minimum Gasteiger partial charge on any atom is -0.488 e. The molecule has 1 aliphatic rings. The van der Waals surface area contributed by atoms with Gasteiger partial charge in [0.2, 0.25) is 0 Å². The lowest BCUT2D eigenvalue weighted by Gasteiger charge is -2.24. The van der Waals surface area contributed by atoms with Crippen molar-refractivity contribution in [2.75, 3.05) is 0 Å². The Morgan fingerprint density at radius 3 is 2.50 bits per heavy atom. The van der Waals surface area contributed by atoms with Crippen LogP contribution in [0.15, 0.2) is 24.8 Å². The molecule has 85 valence electrons. The van der Waals surface area contributed by atoms with Gasteiger partial charge in [-0.1, -0.05) is 18.7 Å². The lowest BCUT2D eigenvalue weighted by Crippen LogP contribution is -2.23. The SMILES string of the molecule is C=[C]c1cccc(OC(C)(C)C)c1C1CC1. The topological polar surface area (TPSA) is 9.23 Å². The number of hydrogen-bond acceptors (Lipinski definition) is 1. The third-order valence-corrected chi connectivity index (χ3v) is 2.66. The lowest BCUT2D eigenvalue weighted by molar-refractivity contribution is 0.129. The Balaban J connectivity index is 2.39. The number of hydrogen-bond donors (Lipinski definition) is 0. The molecule has 1 aliphatic carbocycles. The number of ether oxygens (including phenoxy) is 1. The molecule has 1 aromatic carbocycles. The highest BCUT2D eigenvalue weighted by molar-refractivity contribution is 5.47. The van der Waals surface area contributed by atoms with Crippen molar-refractivity contribution in [2.24, 2.45) is 0 Å². The van der Waals surface area contributed by atoms with Crippen LogP contribution in [0.5, 0.6) is 5.75 Å². The van der Waals surface area contributed by atoms with Crippen molar-refractivity contribution in [1.29, 1.82) is 0 Å². The molecule has 0 bridgehead atoms. The summed E-state index contributed by atoms with van der Waals surface area (Å²) in [6, 6.07) is 6.14. The molecule has 0 aromatic heterocycles. The molecular weight excluding hydrogens is 196 g/mol. The van der Waals surface area contributed by atoms with Crippen molar-refractivity contribution in [3.05, 3.63) is 42.0 Å². The maximum Gasteiger partial charge on any atom is 0.124 e. The Hall–Kier alpha value is -1.24. The molecule has 1 aromatic rings. The minimum absolute atomic E-state index is 0.149. The number of benzene rings is 1. The van der Waals surface area contributed by atoms with Crippen molar-refractivity contribution in [3.8, 4) is 5.75 Å². The Morgan fingerprint density at radius 1 is 1.31 bits per heavy atom. The van der Waals surface area contributed by atoms with E-state index in [1.54, 1.807) is 0 Å². The molecule has 1 saturated carbocycles. The quantitative estimate of drug-likeness (QED) is 0.738. The second kappa shape index (κ2) is 3.97. The molecule has 0 heterocycles. The van der Waals surface area contributed by atoms with E-state index < -0.39 is 0 Å². The van der Waals surface area contributed by atoms with Gasteiger partial charge in [-0.25, -0.2) is 0 Å². The van der Waals surface area contributed by atoms with Crippen molar-refractivity contribution in [2.45, 2.75) is 45.1 Å². The van der Waals surface area contributed by atoms with Gasteiger partial charge < -0.3 is 4.74 Å². The molecule has 16 heavy (non-hydrogen) atoms. The summed E-state index contributed by atoms with van der Waals surface area (Å²) in [5, 5.41) is 0. The smallest absolute Gasteiger partial charge is 0.124 e. The summed E-state index contributed by atoms with van der Waals surface area (Å²) in [5.74, 6) is 1.66. The molecule has 0 saturated heterocycles. The van der Waals surface area contributed by atoms with Gasteiger partial charge >= 0.3 is 0 Å². The van der Waals surface area contributed by atoms with Gasteiger partial charge in [0.25, 0.3) is 0 Å². The van der Waals surface area contributed by atoms with Crippen LogP contribution in [0, 0.1) is 6.08 Å². The molecule has 0 N–H and O–H groups in total. The Kier molecular flexibility index (Phi) is 2.79. The highest BCUT2D eigenvalue weighted by Gasteiger charge is 2.29. The van der Waals surface area contributed by atoms with E-state index in [2.05, 4.69) is 45.6 Å². The van der Waals surface area contributed by atoms with Crippen LogP contribution in [-0.2, 0) is 0 Å². The first-order chi connectivity index (χ1) is 7.51. The van der Waals surface area contributed by atoms with Crippen LogP contribution in [0.25, 0.3) is 0 Å². The maximum atomic E-state index is 6.01. The van der Waals surface area contributed by atoms with E-state index in [9.17, 15) is 0 Å². The Morgan fingerprint density at radius 2 is 2.00 bits per heavy atom. The fourth-order valence-corrected chi connectivity index (χ4v) is 1.91. The van der Waals surface area contributed by atoms with Gasteiger partial charge in [-0.3, -0.25) is 0 Å². The molecule has 2 rings (SSSR count). The first-order valence-electron chi connectivity index (χ1n) is 5.86. The summed E-state index contributed by atoms with van der Waals surface area (Å²) >= 11 is 0. The van der Waals surface area contributed by atoms with Crippen LogP contribution in [0.3, 0.4) is 0 Å². The summed E-state index contributed by atoms with van der Waals surface area (Å²) in [7, 11) is 0. The second-order valence-corrected chi connectivity index (χ2v) is 5.38. The van der Waals surface area contributed by atoms with Crippen molar-refractivity contribution >= 4 is 0 Å². The van der Waals surface area contributed by atoms with Gasteiger partial charge in [0.1, 0.15) is 11.4 Å². The van der Waals surface area contributed by atoms with Crippen molar-refractivity contribution < 1.29 is 4.74 Å². The van der Waals surface area contributed by atoms with Crippen LogP contribution in [0.2, 0.25) is 0 Å². The molecule has 0 atom stereocenters. The van der Waals surface area contributed by atoms with Gasteiger partial charge in [-0.05, 0) is 57.2 Å². The fourth-order valence-electron chi connectivity index (χ4n) is 1.91. The van der Waals surface area contributed by atoms with Crippen LogP contribution in [-0.4, -0.2) is 5.60 Å². The molecule has 0 amide bonds. The molecule has 1 nitrogen and oxygen atoms in total. The van der Waals surface area contributed by atoms with Gasteiger partial charge in [0, 0.05) is 5.56 Å². The first kappa shape index (κ1) is 11.3. The Bertz CT molecular complexity index is 394. The third kappa shape index (κ3) is 2.46. The zero-order valence-electron chi connectivity index (χ0n) is 10.3. The molecule has 0 aliphatic heterocycles. The molecular formula is C15H19O. The van der Waals surface area contributed by atoms with E-state index in [0.717, 1.165) is 11.3 Å². The molecule has 0 spiro atoms.